The van der Waals surface area contributed by atoms with Gasteiger partial charge in [-0.15, -0.1) is 0 Å². The van der Waals surface area contributed by atoms with Gasteiger partial charge in [0.25, 0.3) is 0 Å². The molecule has 8 nitrogen and oxygen atoms in total. The highest BCUT2D eigenvalue weighted by Crippen LogP contribution is 2.42. The molecule has 0 aromatic heterocycles. The largest absolute Gasteiger partial charge is 0.497 e. The highest BCUT2D eigenvalue weighted by Gasteiger charge is 2.40. The van der Waals surface area contributed by atoms with Crippen molar-refractivity contribution in [1.82, 2.24) is 0 Å². The van der Waals surface area contributed by atoms with Gasteiger partial charge in [0.1, 0.15) is 23.2 Å². The second-order valence-corrected chi connectivity index (χ2v) is 8.35. The minimum Gasteiger partial charge on any atom is -0.497 e. The van der Waals surface area contributed by atoms with E-state index in [0.717, 1.165) is 28.2 Å². The number of ether oxygens (including phenoxy) is 4. The molecule has 4 rings (SSSR count). The van der Waals surface area contributed by atoms with Crippen LogP contribution >= 0.6 is 0 Å². The Bertz CT molecular complexity index is 1080. The quantitative estimate of drug-likeness (QED) is 0.206. The Morgan fingerprint density at radius 1 is 0.914 bits per heavy atom. The van der Waals surface area contributed by atoms with Gasteiger partial charge in [-0.2, -0.15) is 0 Å². The lowest BCUT2D eigenvalue weighted by Gasteiger charge is -2.39. The Kier molecular flexibility index (Phi) is 7.90. The fourth-order valence-corrected chi connectivity index (χ4v) is 4.44. The molecule has 0 unspecified atom stereocenters. The SMILES string of the molecule is COc1ccc(C(OC[C@H]2OC[C@H](N=[N+]=[N-])C[C@@H]2O)(c2ccccc2)c2ccc(OC)cc2)cc1. The molecule has 1 aliphatic heterocycles. The third-order valence-corrected chi connectivity index (χ3v) is 6.30. The first-order chi connectivity index (χ1) is 17.1. The lowest BCUT2D eigenvalue weighted by Crippen LogP contribution is -2.45. The maximum atomic E-state index is 10.7. The molecule has 1 aliphatic rings. The average Bonchev–Trinajstić information content (AvgIpc) is 2.91. The van der Waals surface area contributed by atoms with Gasteiger partial charge in [0, 0.05) is 4.91 Å². The fourth-order valence-electron chi connectivity index (χ4n) is 4.44. The summed E-state index contributed by atoms with van der Waals surface area (Å²) in [6.07, 6.45) is -1.07. The molecule has 8 heteroatoms. The van der Waals surface area contributed by atoms with Crippen LogP contribution in [0.3, 0.4) is 0 Å². The predicted octanol–water partition coefficient (Wildman–Crippen LogP) is 4.84. The maximum Gasteiger partial charge on any atom is 0.143 e. The van der Waals surface area contributed by atoms with Crippen molar-refractivity contribution in [2.45, 2.75) is 30.3 Å². The van der Waals surface area contributed by atoms with Crippen LogP contribution in [0.1, 0.15) is 23.1 Å². The van der Waals surface area contributed by atoms with Crippen molar-refractivity contribution in [3.8, 4) is 11.5 Å². The number of benzene rings is 3. The van der Waals surface area contributed by atoms with Crippen LogP contribution in [0, 0.1) is 0 Å². The van der Waals surface area contributed by atoms with Gasteiger partial charge < -0.3 is 24.1 Å². The summed E-state index contributed by atoms with van der Waals surface area (Å²) in [6, 6.07) is 25.0. The molecular formula is C27H29N3O5. The van der Waals surface area contributed by atoms with Crippen molar-refractivity contribution in [2.24, 2.45) is 5.11 Å². The van der Waals surface area contributed by atoms with Crippen LogP contribution < -0.4 is 9.47 Å². The number of hydrogen-bond donors (Lipinski definition) is 1. The Morgan fingerprint density at radius 2 is 1.46 bits per heavy atom. The zero-order valence-corrected chi connectivity index (χ0v) is 19.8. The lowest BCUT2D eigenvalue weighted by atomic mass is 9.80. The van der Waals surface area contributed by atoms with Crippen LogP contribution in [0.25, 0.3) is 10.4 Å². The summed E-state index contributed by atoms with van der Waals surface area (Å²) in [5.74, 6) is 1.47. The monoisotopic (exact) mass is 475 g/mol. The van der Waals surface area contributed by atoms with Crippen molar-refractivity contribution in [2.75, 3.05) is 27.4 Å². The number of methoxy groups -OCH3 is 2. The predicted molar refractivity (Wildman–Crippen MR) is 132 cm³/mol. The molecule has 0 radical (unpaired) electrons. The summed E-state index contributed by atoms with van der Waals surface area (Å²) in [6.45, 7) is 0.357. The van der Waals surface area contributed by atoms with E-state index in [2.05, 4.69) is 10.0 Å². The molecule has 0 amide bonds. The highest BCUT2D eigenvalue weighted by molar-refractivity contribution is 5.49. The summed E-state index contributed by atoms with van der Waals surface area (Å²) < 4.78 is 23.4. The molecule has 0 saturated carbocycles. The van der Waals surface area contributed by atoms with Gasteiger partial charge in [0.15, 0.2) is 0 Å². The molecule has 3 aromatic carbocycles. The first kappa shape index (κ1) is 24.6. The highest BCUT2D eigenvalue weighted by atomic mass is 16.6. The molecule has 1 N–H and O–H groups in total. The van der Waals surface area contributed by atoms with Crippen molar-refractivity contribution >= 4 is 0 Å². The number of azide groups is 1. The van der Waals surface area contributed by atoms with E-state index in [1.165, 1.54) is 0 Å². The van der Waals surface area contributed by atoms with Crippen LogP contribution in [0.4, 0.5) is 0 Å². The number of nitrogens with zero attached hydrogens (tertiary/aromatic N) is 3. The van der Waals surface area contributed by atoms with E-state index in [-0.39, 0.29) is 13.2 Å². The Labute approximate surface area is 204 Å². The molecule has 3 atom stereocenters. The van der Waals surface area contributed by atoms with E-state index in [1.54, 1.807) is 14.2 Å². The van der Waals surface area contributed by atoms with Gasteiger partial charge in [0.05, 0.1) is 39.6 Å². The van der Waals surface area contributed by atoms with E-state index >= 15 is 0 Å². The molecule has 0 spiro atoms. The van der Waals surface area contributed by atoms with Crippen LogP contribution in [0.15, 0.2) is 84.0 Å². The van der Waals surface area contributed by atoms with Crippen LogP contribution in [0.5, 0.6) is 11.5 Å². The second kappa shape index (κ2) is 11.3. The summed E-state index contributed by atoms with van der Waals surface area (Å²) in [5, 5.41) is 14.4. The first-order valence-electron chi connectivity index (χ1n) is 11.4. The standard InChI is InChI=1S/C27H29N3O5/c1-32-23-12-8-20(9-13-23)27(19-6-4-3-5-7-19,21-10-14-24(33-2)15-11-21)35-18-26-25(31)16-22(17-34-26)29-30-28/h3-15,22,25-26,31H,16-18H2,1-2H3/t22-,25+,26-/m1/s1. The molecule has 1 heterocycles. The molecule has 35 heavy (non-hydrogen) atoms. The number of aliphatic hydroxyl groups excluding tert-OH is 1. The van der Waals surface area contributed by atoms with E-state index in [0.29, 0.717) is 6.42 Å². The Morgan fingerprint density at radius 3 is 1.94 bits per heavy atom. The Balaban J connectivity index is 1.77. The maximum absolute atomic E-state index is 10.7. The van der Waals surface area contributed by atoms with E-state index in [9.17, 15) is 5.11 Å². The van der Waals surface area contributed by atoms with Gasteiger partial charge in [-0.1, -0.05) is 59.7 Å². The summed E-state index contributed by atoms with van der Waals surface area (Å²) in [5.41, 5.74) is 10.4. The van der Waals surface area contributed by atoms with Crippen LogP contribution in [0.2, 0.25) is 0 Å². The molecule has 0 bridgehead atoms. The topological polar surface area (TPSA) is 106 Å². The first-order valence-corrected chi connectivity index (χ1v) is 11.4. The fraction of sp³-hybridized carbons (Fsp3) is 0.333. The summed E-state index contributed by atoms with van der Waals surface area (Å²) >= 11 is 0. The number of rotatable bonds is 9. The molecule has 1 fully saturated rings. The lowest BCUT2D eigenvalue weighted by molar-refractivity contribution is -0.133. The minimum atomic E-state index is -0.995. The zero-order valence-electron chi connectivity index (χ0n) is 19.8. The van der Waals surface area contributed by atoms with E-state index < -0.39 is 23.9 Å². The molecular weight excluding hydrogens is 446 g/mol. The number of aliphatic hydroxyl groups is 1. The van der Waals surface area contributed by atoms with E-state index in [4.69, 9.17) is 24.5 Å². The molecule has 3 aromatic rings. The van der Waals surface area contributed by atoms with Gasteiger partial charge in [-0.25, -0.2) is 0 Å². The molecule has 1 saturated heterocycles. The van der Waals surface area contributed by atoms with Crippen LogP contribution in [-0.2, 0) is 15.1 Å². The van der Waals surface area contributed by atoms with Crippen molar-refractivity contribution in [1.29, 1.82) is 0 Å². The minimum absolute atomic E-state index is 0.122. The van der Waals surface area contributed by atoms with Crippen LogP contribution in [-0.4, -0.2) is 50.8 Å². The third kappa shape index (κ3) is 5.26. The molecule has 182 valence electrons. The van der Waals surface area contributed by atoms with Gasteiger partial charge in [-0.05, 0) is 52.9 Å². The third-order valence-electron chi connectivity index (χ3n) is 6.30. The average molecular weight is 476 g/mol. The van der Waals surface area contributed by atoms with Crippen molar-refractivity contribution < 1.29 is 24.1 Å². The second-order valence-electron chi connectivity index (χ2n) is 8.35. The van der Waals surface area contributed by atoms with Gasteiger partial charge >= 0.3 is 0 Å². The van der Waals surface area contributed by atoms with E-state index in [1.807, 2.05) is 78.9 Å². The zero-order chi connectivity index (χ0) is 24.7. The van der Waals surface area contributed by atoms with Crippen molar-refractivity contribution in [3.63, 3.8) is 0 Å². The summed E-state index contributed by atoms with van der Waals surface area (Å²) in [4.78, 5) is 2.83. The van der Waals surface area contributed by atoms with Gasteiger partial charge in [0.2, 0.25) is 0 Å². The summed E-state index contributed by atoms with van der Waals surface area (Å²) in [7, 11) is 3.26. The van der Waals surface area contributed by atoms with Crippen molar-refractivity contribution in [3.05, 3.63) is 106 Å². The molecule has 0 aliphatic carbocycles. The normalized spacial score (nSPS) is 20.0. The number of hydrogen-bond acceptors (Lipinski definition) is 6. The van der Waals surface area contributed by atoms with Gasteiger partial charge in [-0.3, -0.25) is 0 Å². The smallest absolute Gasteiger partial charge is 0.143 e. The Hall–Kier alpha value is -3.55.